The molecule has 2 unspecified atom stereocenters. The van der Waals surface area contributed by atoms with Crippen LogP contribution in [0.2, 0.25) is 0 Å². The molecule has 3 aromatic heterocycles. The Hall–Kier alpha value is -2.36. The second-order valence-electron chi connectivity index (χ2n) is 11.0. The summed E-state index contributed by atoms with van der Waals surface area (Å²) >= 11 is 4.81. The summed E-state index contributed by atoms with van der Waals surface area (Å²) in [6.45, 7) is 11.5. The largest absolute Gasteiger partial charge is 2.00 e. The Labute approximate surface area is 234 Å². The Morgan fingerprint density at radius 1 is 0.917 bits per heavy atom. The maximum atomic E-state index is 5.05. The summed E-state index contributed by atoms with van der Waals surface area (Å²) in [6, 6.07) is 21.9. The van der Waals surface area contributed by atoms with Gasteiger partial charge in [-0.25, -0.2) is 0 Å². The summed E-state index contributed by atoms with van der Waals surface area (Å²) in [5, 5.41) is 9.30. The maximum absolute atomic E-state index is 5.05. The van der Waals surface area contributed by atoms with Gasteiger partial charge in [0.25, 0.3) is 0 Å². The summed E-state index contributed by atoms with van der Waals surface area (Å²) in [5.74, 6) is 0.520. The third kappa shape index (κ3) is 4.25. The molecule has 2 aliphatic rings. The molecule has 6 rings (SSSR count). The molecule has 0 N–H and O–H groups in total. The summed E-state index contributed by atoms with van der Waals surface area (Å²) in [7, 11) is 0. The SMILES string of the molecule is CC(C)(c1ccccn1)c1cccc(-c2[n-]nc3c2C2CCC3(C)C2(C)C)n1.[Pt+2].[S-]c1ccccc1. The summed E-state index contributed by atoms with van der Waals surface area (Å²) in [6.07, 6.45) is 4.27. The second kappa shape index (κ2) is 9.83. The van der Waals surface area contributed by atoms with E-state index in [4.69, 9.17) is 17.6 Å². The maximum Gasteiger partial charge on any atom is 2.00 e. The number of rotatable bonds is 3. The molecule has 0 radical (unpaired) electrons. The molecule has 1 fully saturated rings. The average molecular weight is 676 g/mol. The molecule has 36 heavy (non-hydrogen) atoms. The number of fused-ring (bicyclic) bond motifs is 5. The number of aromatic nitrogens is 4. The van der Waals surface area contributed by atoms with Crippen molar-refractivity contribution in [2.75, 3.05) is 0 Å². The Morgan fingerprint density at radius 3 is 2.25 bits per heavy atom. The predicted octanol–water partition coefficient (Wildman–Crippen LogP) is 6.59. The number of hydrogen-bond acceptors (Lipinski definition) is 4. The van der Waals surface area contributed by atoms with Gasteiger partial charge in [-0.1, -0.05) is 68.9 Å². The van der Waals surface area contributed by atoms with Crippen molar-refractivity contribution >= 4 is 12.6 Å². The third-order valence-corrected chi connectivity index (χ3v) is 8.81. The van der Waals surface area contributed by atoms with E-state index in [0.29, 0.717) is 5.92 Å². The molecule has 2 atom stereocenters. The topological polar surface area (TPSA) is 52.8 Å². The van der Waals surface area contributed by atoms with Gasteiger partial charge in [0.15, 0.2) is 0 Å². The van der Waals surface area contributed by atoms with Gasteiger partial charge in [-0.3, -0.25) is 9.97 Å². The summed E-state index contributed by atoms with van der Waals surface area (Å²) in [5.41, 5.74) is 6.58. The van der Waals surface area contributed by atoms with Gasteiger partial charge >= 0.3 is 21.1 Å². The minimum absolute atomic E-state index is 0. The monoisotopic (exact) mass is 675 g/mol. The number of nitrogens with zero attached hydrogens (tertiary/aromatic N) is 4. The standard InChI is InChI=1S/C24H27N4.C6H6S.Pt/c1-22(2,17-10-6-7-14-25-17)18-11-8-9-16(26-18)20-19-15-12-13-24(5,23(15,3)4)21(19)28-27-20;7-6-4-2-1-3-5-6;/h6-11,14-15H,12-13H2,1-5H3;1-5,7H;/q-1;;+2/p-1. The molecule has 2 bridgehead atoms. The van der Waals surface area contributed by atoms with Gasteiger partial charge in [-0.05, 0) is 67.9 Å². The minimum atomic E-state index is -0.273. The third-order valence-electron chi connectivity index (χ3n) is 8.54. The zero-order valence-electron chi connectivity index (χ0n) is 21.4. The molecule has 2 aliphatic carbocycles. The molecule has 1 saturated carbocycles. The minimum Gasteiger partial charge on any atom is -0.780 e. The number of benzene rings is 1. The predicted molar refractivity (Wildman–Crippen MR) is 142 cm³/mol. The van der Waals surface area contributed by atoms with Crippen molar-refractivity contribution in [1.82, 2.24) is 20.2 Å². The Kier molecular flexibility index (Phi) is 7.29. The Morgan fingerprint density at radius 2 is 1.61 bits per heavy atom. The van der Waals surface area contributed by atoms with Crippen molar-refractivity contribution in [3.8, 4) is 11.4 Å². The van der Waals surface area contributed by atoms with Gasteiger partial charge in [0.05, 0.1) is 17.1 Å². The van der Waals surface area contributed by atoms with Crippen LogP contribution in [0.15, 0.2) is 77.8 Å². The second-order valence-corrected chi connectivity index (χ2v) is 11.5. The average Bonchev–Trinajstić information content (AvgIpc) is 3.45. The van der Waals surface area contributed by atoms with Crippen molar-refractivity contribution < 1.29 is 21.1 Å². The van der Waals surface area contributed by atoms with Crippen LogP contribution in [0, 0.1) is 5.41 Å². The molecule has 6 heteroatoms. The van der Waals surface area contributed by atoms with Crippen LogP contribution < -0.4 is 5.10 Å². The van der Waals surface area contributed by atoms with E-state index in [1.54, 1.807) is 0 Å². The van der Waals surface area contributed by atoms with E-state index in [1.165, 1.54) is 24.1 Å². The van der Waals surface area contributed by atoms with Crippen LogP contribution in [0.5, 0.6) is 0 Å². The molecule has 3 heterocycles. The van der Waals surface area contributed by atoms with Crippen LogP contribution in [0.3, 0.4) is 0 Å². The Bertz CT molecular complexity index is 1330. The zero-order chi connectivity index (χ0) is 24.8. The molecule has 0 amide bonds. The first-order valence-corrected chi connectivity index (χ1v) is 12.7. The van der Waals surface area contributed by atoms with Gasteiger partial charge in [-0.15, -0.1) is 0 Å². The van der Waals surface area contributed by atoms with Crippen molar-refractivity contribution in [1.29, 1.82) is 0 Å². The van der Waals surface area contributed by atoms with Crippen molar-refractivity contribution in [3.63, 3.8) is 0 Å². The van der Waals surface area contributed by atoms with Crippen molar-refractivity contribution in [2.24, 2.45) is 5.41 Å². The first kappa shape index (κ1) is 26.7. The smallest absolute Gasteiger partial charge is 0.780 e. The van der Waals surface area contributed by atoms with Crippen LogP contribution in [0.25, 0.3) is 11.4 Å². The molecule has 4 nitrogen and oxygen atoms in total. The normalized spacial score (nSPS) is 21.2. The summed E-state index contributed by atoms with van der Waals surface area (Å²) in [4.78, 5) is 10.5. The van der Waals surface area contributed by atoms with Crippen LogP contribution in [0.4, 0.5) is 0 Å². The van der Waals surface area contributed by atoms with Gasteiger partial charge in [0.2, 0.25) is 0 Å². The molecule has 4 aromatic rings. The first-order valence-electron chi connectivity index (χ1n) is 12.3. The fourth-order valence-corrected chi connectivity index (χ4v) is 6.03. The van der Waals surface area contributed by atoms with Crippen molar-refractivity contribution in [2.45, 2.75) is 69.1 Å². The molecule has 188 valence electrons. The van der Waals surface area contributed by atoms with E-state index in [1.807, 2.05) is 48.7 Å². The van der Waals surface area contributed by atoms with Crippen LogP contribution >= 0.6 is 0 Å². The van der Waals surface area contributed by atoms with Gasteiger partial charge in [-0.2, -0.15) is 4.90 Å². The van der Waals surface area contributed by atoms with E-state index in [-0.39, 0.29) is 37.3 Å². The Balaban J connectivity index is 0.000000331. The number of pyridine rings is 2. The first-order chi connectivity index (χ1) is 16.7. The van der Waals surface area contributed by atoms with Crippen LogP contribution in [0.1, 0.15) is 76.0 Å². The van der Waals surface area contributed by atoms with E-state index >= 15 is 0 Å². The fourth-order valence-electron chi connectivity index (χ4n) is 5.87. The molecule has 0 aliphatic heterocycles. The molecule has 0 spiro atoms. The zero-order valence-corrected chi connectivity index (χ0v) is 24.5. The van der Waals surface area contributed by atoms with Crippen LogP contribution in [-0.4, -0.2) is 15.1 Å². The molecule has 1 aromatic carbocycles. The number of hydrogen-bond donors (Lipinski definition) is 0. The van der Waals surface area contributed by atoms with E-state index in [0.717, 1.165) is 27.7 Å². The summed E-state index contributed by atoms with van der Waals surface area (Å²) < 4.78 is 0. The van der Waals surface area contributed by atoms with Gasteiger partial charge in [0, 0.05) is 22.7 Å². The van der Waals surface area contributed by atoms with Gasteiger partial charge in [0.1, 0.15) is 0 Å². The van der Waals surface area contributed by atoms with Crippen molar-refractivity contribution in [3.05, 3.63) is 95.6 Å². The van der Waals surface area contributed by atoms with Gasteiger partial charge < -0.3 is 22.8 Å². The molecular formula is C30H32N4PtS. The quantitative estimate of drug-likeness (QED) is 0.230. The molecular weight excluding hydrogens is 644 g/mol. The molecule has 0 saturated heterocycles. The van der Waals surface area contributed by atoms with E-state index in [9.17, 15) is 0 Å². The van der Waals surface area contributed by atoms with Crippen LogP contribution in [-0.2, 0) is 44.5 Å². The van der Waals surface area contributed by atoms with E-state index in [2.05, 4.69) is 74.1 Å². The van der Waals surface area contributed by atoms with E-state index < -0.39 is 0 Å². The fraction of sp³-hybridized carbons (Fsp3) is 0.367.